The third-order valence-corrected chi connectivity index (χ3v) is 6.33. The van der Waals surface area contributed by atoms with Gasteiger partial charge in [-0.1, -0.05) is 70.1 Å². The van der Waals surface area contributed by atoms with Gasteiger partial charge in [0.25, 0.3) is 5.56 Å². The van der Waals surface area contributed by atoms with Gasteiger partial charge in [0, 0.05) is 18.7 Å². The van der Waals surface area contributed by atoms with E-state index in [1.165, 1.54) is 26.8 Å². The van der Waals surface area contributed by atoms with Gasteiger partial charge in [-0.25, -0.2) is 9.78 Å². The SMILES string of the molecule is CCCCN(C(=O)CSc1n[nH]c(-c2ccc(CC)cc2)n1)c1c(N)n(CC(C)C)c(=O)[nH]c1=O. The number of unbranched alkanes of at least 4 members (excludes halogenated alkanes) is 1. The summed E-state index contributed by atoms with van der Waals surface area (Å²) in [7, 11) is 0. The Bertz CT molecular complexity index is 1260. The lowest BCUT2D eigenvalue weighted by Crippen LogP contribution is -2.42. The number of nitrogens with two attached hydrogens (primary N) is 1. The molecule has 0 aliphatic rings. The number of aromatic amines is 2. The molecule has 2 aromatic heterocycles. The number of carbonyl (C=O) groups is 1. The molecule has 188 valence electrons. The van der Waals surface area contributed by atoms with Gasteiger partial charge in [-0.2, -0.15) is 0 Å². The highest BCUT2D eigenvalue weighted by Crippen LogP contribution is 2.23. The number of benzene rings is 1. The van der Waals surface area contributed by atoms with Gasteiger partial charge in [0.2, 0.25) is 11.1 Å². The van der Waals surface area contributed by atoms with Gasteiger partial charge in [0.05, 0.1) is 5.75 Å². The Kier molecular flexibility index (Phi) is 8.91. The van der Waals surface area contributed by atoms with Gasteiger partial charge in [-0.15, -0.1) is 5.10 Å². The van der Waals surface area contributed by atoms with Gasteiger partial charge < -0.3 is 10.6 Å². The number of nitrogen functional groups attached to an aromatic ring is 1. The highest BCUT2D eigenvalue weighted by molar-refractivity contribution is 7.99. The van der Waals surface area contributed by atoms with Crippen molar-refractivity contribution < 1.29 is 4.79 Å². The number of H-pyrrole nitrogens is 2. The van der Waals surface area contributed by atoms with Crippen LogP contribution in [0.15, 0.2) is 39.0 Å². The molecule has 0 aliphatic carbocycles. The molecular formula is C24H33N7O3S. The first-order chi connectivity index (χ1) is 16.7. The number of anilines is 2. The van der Waals surface area contributed by atoms with Crippen LogP contribution in [0.2, 0.25) is 0 Å². The van der Waals surface area contributed by atoms with E-state index in [1.807, 2.05) is 45.0 Å². The van der Waals surface area contributed by atoms with Gasteiger partial charge in [0.15, 0.2) is 11.5 Å². The molecule has 0 saturated carbocycles. The Balaban J connectivity index is 1.81. The van der Waals surface area contributed by atoms with Crippen LogP contribution in [0.1, 0.15) is 46.1 Å². The average Bonchev–Trinajstić information content (AvgIpc) is 3.31. The molecule has 0 atom stereocenters. The summed E-state index contributed by atoms with van der Waals surface area (Å²) in [6.07, 6.45) is 2.45. The summed E-state index contributed by atoms with van der Waals surface area (Å²) in [5, 5.41) is 7.55. The zero-order chi connectivity index (χ0) is 25.5. The Hall–Kier alpha value is -3.34. The lowest BCUT2D eigenvalue weighted by molar-refractivity contribution is -0.116. The van der Waals surface area contributed by atoms with Crippen molar-refractivity contribution >= 4 is 29.2 Å². The first kappa shape index (κ1) is 26.3. The molecule has 2 heterocycles. The van der Waals surface area contributed by atoms with Crippen molar-refractivity contribution in [2.24, 2.45) is 5.92 Å². The normalized spacial score (nSPS) is 11.2. The third-order valence-electron chi connectivity index (χ3n) is 5.49. The molecule has 3 aromatic rings. The van der Waals surface area contributed by atoms with Crippen LogP contribution in [0.25, 0.3) is 11.4 Å². The van der Waals surface area contributed by atoms with Crippen LogP contribution in [-0.4, -0.2) is 42.9 Å². The molecule has 11 heteroatoms. The van der Waals surface area contributed by atoms with Crippen LogP contribution >= 0.6 is 11.8 Å². The maximum atomic E-state index is 13.2. The third kappa shape index (κ3) is 6.41. The number of hydrogen-bond acceptors (Lipinski definition) is 7. The predicted molar refractivity (Wildman–Crippen MR) is 140 cm³/mol. The summed E-state index contributed by atoms with van der Waals surface area (Å²) < 4.78 is 1.31. The van der Waals surface area contributed by atoms with E-state index in [2.05, 4.69) is 27.1 Å². The van der Waals surface area contributed by atoms with E-state index in [-0.39, 0.29) is 29.1 Å². The molecule has 1 aromatic carbocycles. The quantitative estimate of drug-likeness (QED) is 0.344. The maximum Gasteiger partial charge on any atom is 0.330 e. The minimum absolute atomic E-state index is 0.00221. The molecule has 0 fully saturated rings. The van der Waals surface area contributed by atoms with Crippen molar-refractivity contribution in [2.45, 2.75) is 58.7 Å². The number of thioether (sulfide) groups is 1. The Morgan fingerprint density at radius 1 is 1.20 bits per heavy atom. The molecule has 4 N–H and O–H groups in total. The van der Waals surface area contributed by atoms with Gasteiger partial charge in [0.1, 0.15) is 5.82 Å². The van der Waals surface area contributed by atoms with Crippen molar-refractivity contribution in [2.75, 3.05) is 22.9 Å². The van der Waals surface area contributed by atoms with Crippen LogP contribution in [0.4, 0.5) is 11.5 Å². The van der Waals surface area contributed by atoms with Crippen LogP contribution in [0.5, 0.6) is 0 Å². The van der Waals surface area contributed by atoms with Crippen molar-refractivity contribution in [3.8, 4) is 11.4 Å². The summed E-state index contributed by atoms with van der Waals surface area (Å²) in [5.41, 5.74) is 7.15. The van der Waals surface area contributed by atoms with Crippen molar-refractivity contribution in [1.82, 2.24) is 24.7 Å². The maximum absolute atomic E-state index is 13.2. The Morgan fingerprint density at radius 3 is 2.54 bits per heavy atom. The lowest BCUT2D eigenvalue weighted by Gasteiger charge is -2.24. The fourth-order valence-corrected chi connectivity index (χ4v) is 4.28. The molecule has 0 radical (unpaired) electrons. The van der Waals surface area contributed by atoms with E-state index >= 15 is 0 Å². The van der Waals surface area contributed by atoms with E-state index < -0.39 is 11.2 Å². The first-order valence-electron chi connectivity index (χ1n) is 11.8. The molecule has 10 nitrogen and oxygen atoms in total. The second-order valence-electron chi connectivity index (χ2n) is 8.70. The van der Waals surface area contributed by atoms with Crippen LogP contribution < -0.4 is 21.9 Å². The van der Waals surface area contributed by atoms with E-state index in [9.17, 15) is 14.4 Å². The Morgan fingerprint density at radius 2 is 1.91 bits per heavy atom. The standard InChI is InChI=1S/C24H33N7O3S/c1-5-7-12-30(19-20(25)31(13-15(3)4)24(34)27-22(19)33)18(32)14-35-23-26-21(28-29-23)17-10-8-16(6-2)9-11-17/h8-11,15H,5-7,12-14,25H2,1-4H3,(H,26,28,29)(H,27,33,34). The predicted octanol–water partition coefficient (Wildman–Crippen LogP) is 3.05. The largest absolute Gasteiger partial charge is 0.383 e. The van der Waals surface area contributed by atoms with Crippen LogP contribution in [0.3, 0.4) is 0 Å². The average molecular weight is 500 g/mol. The fraction of sp³-hybridized carbons (Fsp3) is 0.458. The monoisotopic (exact) mass is 499 g/mol. The second kappa shape index (κ2) is 11.9. The summed E-state index contributed by atoms with van der Waals surface area (Å²) in [4.78, 5) is 46.4. The van der Waals surface area contributed by atoms with Crippen molar-refractivity contribution in [1.29, 1.82) is 0 Å². The molecule has 0 spiro atoms. The second-order valence-corrected chi connectivity index (χ2v) is 9.64. The topological polar surface area (TPSA) is 143 Å². The van der Waals surface area contributed by atoms with Gasteiger partial charge in [-0.05, 0) is 24.3 Å². The molecular weight excluding hydrogens is 466 g/mol. The van der Waals surface area contributed by atoms with Crippen molar-refractivity contribution in [3.05, 3.63) is 50.7 Å². The van der Waals surface area contributed by atoms with E-state index in [1.54, 1.807) is 0 Å². The fourth-order valence-electron chi connectivity index (χ4n) is 3.60. The van der Waals surface area contributed by atoms with Gasteiger partial charge in [-0.3, -0.25) is 24.2 Å². The molecule has 3 rings (SSSR count). The van der Waals surface area contributed by atoms with Crippen LogP contribution in [-0.2, 0) is 17.8 Å². The number of aromatic nitrogens is 5. The number of rotatable bonds is 11. The molecule has 0 saturated heterocycles. The molecule has 1 amide bonds. The highest BCUT2D eigenvalue weighted by Gasteiger charge is 2.24. The number of hydrogen-bond donors (Lipinski definition) is 3. The summed E-state index contributed by atoms with van der Waals surface area (Å²) in [5.74, 6) is 0.443. The van der Waals surface area contributed by atoms with E-state index in [0.29, 0.717) is 30.5 Å². The summed E-state index contributed by atoms with van der Waals surface area (Å²) in [6, 6.07) is 8.04. The zero-order valence-electron chi connectivity index (χ0n) is 20.6. The number of nitrogens with zero attached hydrogens (tertiary/aromatic N) is 4. The minimum Gasteiger partial charge on any atom is -0.383 e. The molecule has 0 aliphatic heterocycles. The molecule has 0 bridgehead atoms. The molecule has 35 heavy (non-hydrogen) atoms. The van der Waals surface area contributed by atoms with Gasteiger partial charge >= 0.3 is 5.69 Å². The van der Waals surface area contributed by atoms with Crippen molar-refractivity contribution in [3.63, 3.8) is 0 Å². The summed E-state index contributed by atoms with van der Waals surface area (Å²) >= 11 is 1.17. The lowest BCUT2D eigenvalue weighted by atomic mass is 10.1. The number of carbonyl (C=O) groups excluding carboxylic acids is 1. The number of amides is 1. The highest BCUT2D eigenvalue weighted by atomic mass is 32.2. The van der Waals surface area contributed by atoms with E-state index in [4.69, 9.17) is 5.73 Å². The zero-order valence-corrected chi connectivity index (χ0v) is 21.4. The summed E-state index contributed by atoms with van der Waals surface area (Å²) in [6.45, 7) is 8.61. The Labute approximate surface area is 208 Å². The minimum atomic E-state index is -0.669. The number of aryl methyl sites for hydroxylation is 1. The van der Waals surface area contributed by atoms with Crippen LogP contribution in [0, 0.1) is 5.92 Å². The first-order valence-corrected chi connectivity index (χ1v) is 12.8. The smallest absolute Gasteiger partial charge is 0.330 e. The number of nitrogens with one attached hydrogen (secondary N) is 2. The van der Waals surface area contributed by atoms with E-state index in [0.717, 1.165) is 18.4 Å². The molecule has 0 unspecified atom stereocenters.